The van der Waals surface area contributed by atoms with E-state index in [1.54, 1.807) is 12.1 Å². The van der Waals surface area contributed by atoms with Crippen molar-refractivity contribution >= 4 is 11.5 Å². The number of nitrogens with two attached hydrogens (primary N) is 1. The first-order valence-electron chi connectivity index (χ1n) is 5.45. The number of hydrogen-bond acceptors (Lipinski definition) is 5. The van der Waals surface area contributed by atoms with Gasteiger partial charge in [0.2, 0.25) is 0 Å². The van der Waals surface area contributed by atoms with E-state index in [-0.39, 0.29) is 11.2 Å². The first-order chi connectivity index (χ1) is 7.86. The lowest BCUT2D eigenvalue weighted by atomic mass is 10.0. The zero-order valence-corrected chi connectivity index (χ0v) is 10.8. The average molecular weight is 233 g/mol. The Morgan fingerprint density at radius 3 is 2.65 bits per heavy atom. The maximum absolute atomic E-state index is 8.83. The summed E-state index contributed by atoms with van der Waals surface area (Å²) in [6, 6.07) is 5.44. The van der Waals surface area contributed by atoms with E-state index in [1.807, 2.05) is 20.2 Å². The SMILES string of the molecule is CN(C)C(C)(C)CNc1ccc(N)c(C#N)n1. The molecule has 17 heavy (non-hydrogen) atoms. The summed E-state index contributed by atoms with van der Waals surface area (Å²) in [5, 5.41) is 12.0. The molecule has 3 N–H and O–H groups in total. The van der Waals surface area contributed by atoms with Crippen LogP contribution < -0.4 is 11.1 Å². The summed E-state index contributed by atoms with van der Waals surface area (Å²) in [6.07, 6.45) is 0. The monoisotopic (exact) mass is 233 g/mol. The van der Waals surface area contributed by atoms with Crippen molar-refractivity contribution in [3.05, 3.63) is 17.8 Å². The number of pyridine rings is 1. The Hall–Kier alpha value is -1.80. The number of aromatic nitrogens is 1. The Labute approximate surface area is 102 Å². The van der Waals surface area contributed by atoms with Crippen molar-refractivity contribution in [3.8, 4) is 6.07 Å². The zero-order chi connectivity index (χ0) is 13.1. The Bertz CT molecular complexity index is 431. The molecule has 92 valence electrons. The van der Waals surface area contributed by atoms with Crippen LogP contribution in [0.4, 0.5) is 11.5 Å². The Morgan fingerprint density at radius 1 is 1.47 bits per heavy atom. The number of likely N-dealkylation sites (N-methyl/N-ethyl adjacent to an activating group) is 1. The fraction of sp³-hybridized carbons (Fsp3) is 0.500. The summed E-state index contributed by atoms with van der Waals surface area (Å²) in [5.41, 5.74) is 6.29. The number of nitrogens with one attached hydrogen (secondary N) is 1. The number of hydrogen-bond donors (Lipinski definition) is 2. The third kappa shape index (κ3) is 3.33. The molecular formula is C12H19N5. The molecule has 0 bridgehead atoms. The molecule has 1 heterocycles. The molecule has 0 saturated heterocycles. The molecule has 5 heteroatoms. The molecular weight excluding hydrogens is 214 g/mol. The van der Waals surface area contributed by atoms with Crippen molar-refractivity contribution in [1.29, 1.82) is 5.26 Å². The van der Waals surface area contributed by atoms with Crippen molar-refractivity contribution < 1.29 is 0 Å². The first-order valence-corrected chi connectivity index (χ1v) is 5.45. The molecule has 0 saturated carbocycles. The molecule has 0 atom stereocenters. The number of nitrogens with zero attached hydrogens (tertiary/aromatic N) is 3. The minimum Gasteiger partial charge on any atom is -0.396 e. The molecule has 5 nitrogen and oxygen atoms in total. The predicted molar refractivity (Wildman–Crippen MR) is 69.6 cm³/mol. The lowest BCUT2D eigenvalue weighted by Gasteiger charge is -2.32. The molecule has 1 aromatic rings. The first kappa shape index (κ1) is 13.3. The van der Waals surface area contributed by atoms with Gasteiger partial charge in [-0.05, 0) is 40.1 Å². The number of rotatable bonds is 4. The third-order valence-electron chi connectivity index (χ3n) is 2.95. The average Bonchev–Trinajstić information content (AvgIpc) is 2.28. The molecule has 1 aromatic heterocycles. The van der Waals surface area contributed by atoms with E-state index in [1.165, 1.54) is 0 Å². The lowest BCUT2D eigenvalue weighted by Crippen LogP contribution is -2.44. The predicted octanol–water partition coefficient (Wildman–Crippen LogP) is 1.29. The molecule has 0 spiro atoms. The molecule has 0 aromatic carbocycles. The highest BCUT2D eigenvalue weighted by Gasteiger charge is 2.20. The summed E-state index contributed by atoms with van der Waals surface area (Å²) in [5.74, 6) is 0.672. The molecule has 0 radical (unpaired) electrons. The summed E-state index contributed by atoms with van der Waals surface area (Å²) in [4.78, 5) is 6.26. The fourth-order valence-electron chi connectivity index (χ4n) is 1.12. The van der Waals surface area contributed by atoms with Crippen LogP contribution in [-0.4, -0.2) is 36.1 Å². The standard InChI is InChI=1S/C12H19N5/c1-12(2,17(3)4)8-15-11-6-5-9(14)10(7-13)16-11/h5-6H,8,14H2,1-4H3,(H,15,16). The van der Waals surface area contributed by atoms with Gasteiger partial charge in [0.1, 0.15) is 11.9 Å². The van der Waals surface area contributed by atoms with Gasteiger partial charge >= 0.3 is 0 Å². The highest BCUT2D eigenvalue weighted by atomic mass is 15.2. The highest BCUT2D eigenvalue weighted by Crippen LogP contribution is 2.15. The minimum atomic E-state index is 0.00979. The van der Waals surface area contributed by atoms with Gasteiger partial charge in [-0.15, -0.1) is 0 Å². The van der Waals surface area contributed by atoms with E-state index in [4.69, 9.17) is 11.0 Å². The number of nitriles is 1. The lowest BCUT2D eigenvalue weighted by molar-refractivity contribution is 0.210. The Kier molecular flexibility index (Phi) is 3.92. The van der Waals surface area contributed by atoms with Gasteiger partial charge in [-0.2, -0.15) is 5.26 Å². The topological polar surface area (TPSA) is 78.0 Å². The minimum absolute atomic E-state index is 0.00979. The van der Waals surface area contributed by atoms with Crippen LogP contribution in [0.3, 0.4) is 0 Å². The van der Waals surface area contributed by atoms with E-state index >= 15 is 0 Å². The van der Waals surface area contributed by atoms with Gasteiger partial charge in [0.15, 0.2) is 5.69 Å². The highest BCUT2D eigenvalue weighted by molar-refractivity contribution is 5.54. The zero-order valence-electron chi connectivity index (χ0n) is 10.8. The van der Waals surface area contributed by atoms with Crippen LogP contribution in [0.5, 0.6) is 0 Å². The van der Waals surface area contributed by atoms with Crippen LogP contribution in [0.1, 0.15) is 19.5 Å². The molecule has 1 rings (SSSR count). The molecule has 0 aliphatic carbocycles. The van der Waals surface area contributed by atoms with Crippen LogP contribution >= 0.6 is 0 Å². The fourth-order valence-corrected chi connectivity index (χ4v) is 1.12. The summed E-state index contributed by atoms with van der Waals surface area (Å²) >= 11 is 0. The Balaban J connectivity index is 2.74. The quantitative estimate of drug-likeness (QED) is 0.819. The number of anilines is 2. The van der Waals surface area contributed by atoms with E-state index in [0.29, 0.717) is 11.5 Å². The largest absolute Gasteiger partial charge is 0.396 e. The second kappa shape index (κ2) is 5.02. The maximum atomic E-state index is 8.83. The van der Waals surface area contributed by atoms with Gasteiger partial charge in [-0.25, -0.2) is 4.98 Å². The van der Waals surface area contributed by atoms with E-state index < -0.39 is 0 Å². The van der Waals surface area contributed by atoms with Crippen molar-refractivity contribution in [2.45, 2.75) is 19.4 Å². The van der Waals surface area contributed by atoms with Gasteiger partial charge in [-0.1, -0.05) is 0 Å². The van der Waals surface area contributed by atoms with Crippen molar-refractivity contribution in [1.82, 2.24) is 9.88 Å². The van der Waals surface area contributed by atoms with Gasteiger partial charge in [0, 0.05) is 12.1 Å². The maximum Gasteiger partial charge on any atom is 0.165 e. The second-order valence-electron chi connectivity index (χ2n) is 4.81. The van der Waals surface area contributed by atoms with Crippen LogP contribution in [0, 0.1) is 11.3 Å². The van der Waals surface area contributed by atoms with Crippen LogP contribution in [0.25, 0.3) is 0 Å². The van der Waals surface area contributed by atoms with E-state index in [0.717, 1.165) is 6.54 Å². The van der Waals surface area contributed by atoms with Gasteiger partial charge in [0.05, 0.1) is 5.69 Å². The van der Waals surface area contributed by atoms with Gasteiger partial charge in [-0.3, -0.25) is 0 Å². The van der Waals surface area contributed by atoms with Crippen LogP contribution in [0.15, 0.2) is 12.1 Å². The van der Waals surface area contributed by atoms with Gasteiger partial charge in [0.25, 0.3) is 0 Å². The normalized spacial score (nSPS) is 11.3. The molecule has 0 unspecified atom stereocenters. The van der Waals surface area contributed by atoms with Crippen molar-refractivity contribution in [2.24, 2.45) is 0 Å². The van der Waals surface area contributed by atoms with E-state index in [9.17, 15) is 0 Å². The smallest absolute Gasteiger partial charge is 0.165 e. The molecule has 0 fully saturated rings. The summed E-state index contributed by atoms with van der Waals surface area (Å²) in [7, 11) is 4.05. The van der Waals surface area contributed by atoms with Crippen LogP contribution in [0.2, 0.25) is 0 Å². The number of nitrogen functional groups attached to an aromatic ring is 1. The summed E-state index contributed by atoms with van der Waals surface area (Å²) < 4.78 is 0. The summed E-state index contributed by atoms with van der Waals surface area (Å²) in [6.45, 7) is 4.99. The van der Waals surface area contributed by atoms with E-state index in [2.05, 4.69) is 29.0 Å². The third-order valence-corrected chi connectivity index (χ3v) is 2.95. The molecule has 0 aliphatic heterocycles. The van der Waals surface area contributed by atoms with Gasteiger partial charge < -0.3 is 16.0 Å². The van der Waals surface area contributed by atoms with Crippen LogP contribution in [-0.2, 0) is 0 Å². The second-order valence-corrected chi connectivity index (χ2v) is 4.81. The van der Waals surface area contributed by atoms with Crippen molar-refractivity contribution in [2.75, 3.05) is 31.7 Å². The van der Waals surface area contributed by atoms with Crippen molar-refractivity contribution in [3.63, 3.8) is 0 Å². The molecule has 0 amide bonds. The Morgan fingerprint density at radius 2 is 2.12 bits per heavy atom. The molecule has 0 aliphatic rings.